The van der Waals surface area contributed by atoms with Crippen LogP contribution < -0.4 is 5.32 Å². The Morgan fingerprint density at radius 1 is 0.861 bits per heavy atom. The van der Waals surface area contributed by atoms with Crippen molar-refractivity contribution in [3.05, 3.63) is 104 Å². The molecule has 1 atom stereocenters. The van der Waals surface area contributed by atoms with Crippen LogP contribution in [0.2, 0.25) is 20.1 Å². The standard InChI is InChI=1S/C28H28Cl4N2O2/c1-28(2,3)33-27(36)25(14-18-8-5-4-6-9-18)34(17-19-12-13-20(29)15-24(19)32)26(35)16-21-22(30)10-7-11-23(21)31/h4-13,15,25H,14,16-17H2,1-3H3,(H,33,36)/t25-/m1/s1. The molecular formula is C28H28Cl4N2O2. The molecule has 0 bridgehead atoms. The highest BCUT2D eigenvalue weighted by Crippen LogP contribution is 2.28. The molecule has 36 heavy (non-hydrogen) atoms. The minimum absolute atomic E-state index is 0.0716. The van der Waals surface area contributed by atoms with Gasteiger partial charge in [-0.05, 0) is 61.7 Å². The van der Waals surface area contributed by atoms with Crippen molar-refractivity contribution in [3.63, 3.8) is 0 Å². The Hall–Kier alpha value is -2.24. The van der Waals surface area contributed by atoms with E-state index in [1.807, 2.05) is 51.1 Å². The highest BCUT2D eigenvalue weighted by molar-refractivity contribution is 6.36. The first-order valence-corrected chi connectivity index (χ1v) is 13.0. The van der Waals surface area contributed by atoms with E-state index < -0.39 is 11.6 Å². The molecule has 4 nitrogen and oxygen atoms in total. The first-order chi connectivity index (χ1) is 16.9. The zero-order valence-corrected chi connectivity index (χ0v) is 23.3. The summed E-state index contributed by atoms with van der Waals surface area (Å²) in [4.78, 5) is 29.0. The molecule has 1 N–H and O–H groups in total. The van der Waals surface area contributed by atoms with Crippen LogP contribution in [0.25, 0.3) is 0 Å². The summed E-state index contributed by atoms with van der Waals surface area (Å²) in [6, 6.07) is 18.9. The molecule has 0 saturated heterocycles. The Morgan fingerprint density at radius 2 is 1.50 bits per heavy atom. The van der Waals surface area contributed by atoms with Crippen LogP contribution in [0.15, 0.2) is 66.7 Å². The third kappa shape index (κ3) is 7.88. The van der Waals surface area contributed by atoms with E-state index in [4.69, 9.17) is 46.4 Å². The summed E-state index contributed by atoms with van der Waals surface area (Å²) in [5.74, 6) is -0.573. The molecule has 3 aromatic rings. The number of benzene rings is 3. The van der Waals surface area contributed by atoms with Gasteiger partial charge in [0, 0.05) is 38.6 Å². The highest BCUT2D eigenvalue weighted by Gasteiger charge is 2.33. The zero-order chi connectivity index (χ0) is 26.5. The van der Waals surface area contributed by atoms with Crippen molar-refractivity contribution in [2.24, 2.45) is 0 Å². The number of hydrogen-bond donors (Lipinski definition) is 1. The van der Waals surface area contributed by atoms with Crippen molar-refractivity contribution < 1.29 is 9.59 Å². The molecule has 0 saturated carbocycles. The SMILES string of the molecule is CC(C)(C)NC(=O)[C@@H](Cc1ccccc1)N(Cc1ccc(Cl)cc1Cl)C(=O)Cc1c(Cl)cccc1Cl. The van der Waals surface area contributed by atoms with Gasteiger partial charge in [0.15, 0.2) is 0 Å². The summed E-state index contributed by atoms with van der Waals surface area (Å²) in [6.45, 7) is 5.80. The van der Waals surface area contributed by atoms with Crippen LogP contribution in [-0.2, 0) is 29.0 Å². The summed E-state index contributed by atoms with van der Waals surface area (Å²) in [5.41, 5.74) is 1.60. The number of nitrogens with zero attached hydrogens (tertiary/aromatic N) is 1. The zero-order valence-electron chi connectivity index (χ0n) is 20.3. The Kier molecular flexibility index (Phi) is 9.71. The minimum Gasteiger partial charge on any atom is -0.350 e. The third-order valence-corrected chi connectivity index (χ3v) is 6.81. The maximum atomic E-state index is 13.9. The van der Waals surface area contributed by atoms with Crippen LogP contribution >= 0.6 is 46.4 Å². The Labute approximate surface area is 232 Å². The second kappa shape index (κ2) is 12.3. The van der Waals surface area contributed by atoms with Gasteiger partial charge >= 0.3 is 0 Å². The maximum absolute atomic E-state index is 13.9. The van der Waals surface area contributed by atoms with Crippen LogP contribution in [0.3, 0.4) is 0 Å². The lowest BCUT2D eigenvalue weighted by molar-refractivity contribution is -0.141. The van der Waals surface area contributed by atoms with Crippen LogP contribution in [0.1, 0.15) is 37.5 Å². The number of nitrogens with one attached hydrogen (secondary N) is 1. The highest BCUT2D eigenvalue weighted by atomic mass is 35.5. The van der Waals surface area contributed by atoms with Gasteiger partial charge in [-0.15, -0.1) is 0 Å². The van der Waals surface area contributed by atoms with E-state index in [0.29, 0.717) is 37.6 Å². The summed E-state index contributed by atoms with van der Waals surface area (Å²) >= 11 is 25.3. The number of halogens is 4. The molecule has 0 aliphatic heterocycles. The topological polar surface area (TPSA) is 49.4 Å². The molecule has 0 aliphatic carbocycles. The number of carbonyl (C=O) groups is 2. The Morgan fingerprint density at radius 3 is 2.08 bits per heavy atom. The van der Waals surface area contributed by atoms with E-state index in [9.17, 15) is 9.59 Å². The van der Waals surface area contributed by atoms with Gasteiger partial charge in [-0.3, -0.25) is 9.59 Å². The van der Waals surface area contributed by atoms with E-state index >= 15 is 0 Å². The van der Waals surface area contributed by atoms with Gasteiger partial charge in [-0.25, -0.2) is 0 Å². The van der Waals surface area contributed by atoms with Gasteiger partial charge in [0.1, 0.15) is 6.04 Å². The van der Waals surface area contributed by atoms with Gasteiger partial charge in [0.05, 0.1) is 6.42 Å². The minimum atomic E-state index is -0.813. The average Bonchev–Trinajstić information content (AvgIpc) is 2.79. The van der Waals surface area contributed by atoms with Crippen LogP contribution in [0.5, 0.6) is 0 Å². The van der Waals surface area contributed by atoms with Crippen molar-refractivity contribution in [2.75, 3.05) is 0 Å². The van der Waals surface area contributed by atoms with E-state index in [0.717, 1.165) is 5.56 Å². The average molecular weight is 566 g/mol. The molecule has 190 valence electrons. The fraction of sp³-hybridized carbons (Fsp3) is 0.286. The van der Waals surface area contributed by atoms with Crippen molar-refractivity contribution in [1.82, 2.24) is 10.2 Å². The number of rotatable bonds is 8. The molecule has 0 spiro atoms. The lowest BCUT2D eigenvalue weighted by Gasteiger charge is -2.34. The molecule has 0 radical (unpaired) electrons. The summed E-state index contributed by atoms with van der Waals surface area (Å²) in [5, 5.41) is 4.70. The van der Waals surface area contributed by atoms with E-state index in [1.165, 1.54) is 0 Å². The lowest BCUT2D eigenvalue weighted by Crippen LogP contribution is -2.54. The third-order valence-electron chi connectivity index (χ3n) is 5.51. The van der Waals surface area contributed by atoms with Gasteiger partial charge < -0.3 is 10.2 Å². The van der Waals surface area contributed by atoms with Crippen molar-refractivity contribution >= 4 is 58.2 Å². The van der Waals surface area contributed by atoms with Crippen LogP contribution in [0.4, 0.5) is 0 Å². The molecule has 2 amide bonds. The first-order valence-electron chi connectivity index (χ1n) is 11.5. The molecule has 0 aliphatic rings. The molecular weight excluding hydrogens is 538 g/mol. The largest absolute Gasteiger partial charge is 0.350 e. The number of amides is 2. The van der Waals surface area contributed by atoms with Gasteiger partial charge in [0.25, 0.3) is 0 Å². The number of hydrogen-bond acceptors (Lipinski definition) is 2. The van der Waals surface area contributed by atoms with Crippen molar-refractivity contribution in [2.45, 2.75) is 51.7 Å². The molecule has 0 aromatic heterocycles. The predicted molar refractivity (Wildman–Crippen MR) is 149 cm³/mol. The first kappa shape index (κ1) is 28.3. The molecule has 0 unspecified atom stereocenters. The van der Waals surface area contributed by atoms with E-state index in [1.54, 1.807) is 41.3 Å². The van der Waals surface area contributed by atoms with Gasteiger partial charge in [-0.1, -0.05) is 88.9 Å². The Balaban J connectivity index is 2.06. The van der Waals surface area contributed by atoms with Crippen molar-refractivity contribution in [1.29, 1.82) is 0 Å². The fourth-order valence-corrected chi connectivity index (χ4v) is 4.79. The predicted octanol–water partition coefficient (Wildman–Crippen LogP) is 7.40. The summed E-state index contributed by atoms with van der Waals surface area (Å²) in [7, 11) is 0. The molecule has 0 heterocycles. The van der Waals surface area contributed by atoms with E-state index in [2.05, 4.69) is 5.32 Å². The molecule has 3 aromatic carbocycles. The second-order valence-electron chi connectivity index (χ2n) is 9.58. The normalized spacial score (nSPS) is 12.2. The molecule has 8 heteroatoms. The van der Waals surface area contributed by atoms with Crippen LogP contribution in [-0.4, -0.2) is 28.3 Å². The summed E-state index contributed by atoms with van der Waals surface area (Å²) < 4.78 is 0. The second-order valence-corrected chi connectivity index (χ2v) is 11.2. The van der Waals surface area contributed by atoms with Crippen LogP contribution in [0, 0.1) is 0 Å². The summed E-state index contributed by atoms with van der Waals surface area (Å²) in [6.07, 6.45) is 0.244. The van der Waals surface area contributed by atoms with Crippen molar-refractivity contribution in [3.8, 4) is 0 Å². The quantitative estimate of drug-likeness (QED) is 0.309. The molecule has 0 fully saturated rings. The lowest BCUT2D eigenvalue weighted by atomic mass is 9.99. The monoisotopic (exact) mass is 564 g/mol. The van der Waals surface area contributed by atoms with Gasteiger partial charge in [0.2, 0.25) is 11.8 Å². The van der Waals surface area contributed by atoms with Gasteiger partial charge in [-0.2, -0.15) is 0 Å². The molecule has 3 rings (SSSR count). The number of carbonyl (C=O) groups excluding carboxylic acids is 2. The van der Waals surface area contributed by atoms with E-state index in [-0.39, 0.29) is 24.8 Å². The smallest absolute Gasteiger partial charge is 0.243 e. The Bertz CT molecular complexity index is 1210. The maximum Gasteiger partial charge on any atom is 0.243 e. The fourth-order valence-electron chi connectivity index (χ4n) is 3.79.